The van der Waals surface area contributed by atoms with E-state index in [2.05, 4.69) is 10.3 Å². The van der Waals surface area contributed by atoms with Crippen LogP contribution in [0.1, 0.15) is 22.4 Å². The van der Waals surface area contributed by atoms with Crippen molar-refractivity contribution >= 4 is 21.7 Å². The second-order valence-electron chi connectivity index (χ2n) is 4.90. The van der Waals surface area contributed by atoms with Crippen LogP contribution in [0.15, 0.2) is 60.7 Å². The van der Waals surface area contributed by atoms with Gasteiger partial charge in [0.15, 0.2) is 4.98 Å². The highest BCUT2D eigenvalue weighted by atomic mass is 32.2. The van der Waals surface area contributed by atoms with Crippen LogP contribution in [0.3, 0.4) is 0 Å². The van der Waals surface area contributed by atoms with Crippen LogP contribution < -0.4 is 5.32 Å². The fourth-order valence-electron chi connectivity index (χ4n) is 2.58. The molecule has 1 amide bonds. The van der Waals surface area contributed by atoms with Crippen LogP contribution in [-0.2, 0) is 4.79 Å². The second kappa shape index (κ2) is 6.10. The number of hydrogen-bond acceptors (Lipinski definition) is 3. The summed E-state index contributed by atoms with van der Waals surface area (Å²) in [6.45, 7) is 0. The summed E-state index contributed by atoms with van der Waals surface area (Å²) in [5, 5.41) is 11.3. The van der Waals surface area contributed by atoms with Gasteiger partial charge in [-0.25, -0.2) is 0 Å². The fraction of sp³-hybridized carbons (Fsp3) is 0.125. The zero-order valence-electron chi connectivity index (χ0n) is 11.5. The summed E-state index contributed by atoms with van der Waals surface area (Å²) in [4.78, 5) is 14.6. The van der Waals surface area contributed by atoms with Crippen molar-refractivity contribution in [2.24, 2.45) is 0 Å². The van der Waals surface area contributed by atoms with Gasteiger partial charge in [0, 0.05) is 5.25 Å². The summed E-state index contributed by atoms with van der Waals surface area (Å²) in [5.74, 6) is -0.609. The predicted molar refractivity (Wildman–Crippen MR) is 85.0 cm³/mol. The van der Waals surface area contributed by atoms with Crippen LogP contribution in [0.4, 0.5) is 0 Å². The molecule has 0 radical (unpaired) electrons. The lowest BCUT2D eigenvalue weighted by molar-refractivity contribution is -0.115. The number of rotatable bonds is 2. The third-order valence-corrected chi connectivity index (χ3v) is 5.24. The van der Waals surface area contributed by atoms with Crippen LogP contribution in [0.2, 0.25) is 0 Å². The van der Waals surface area contributed by atoms with Gasteiger partial charge in [-0.05, 0) is 11.1 Å². The van der Waals surface area contributed by atoms with Crippen LogP contribution in [0, 0.1) is 5.39 Å². The first-order chi connectivity index (χ1) is 10.7. The number of carbonyl (C=O) groups is 1. The Bertz CT molecular complexity index is 769. The molecule has 0 bridgehead atoms. The van der Waals surface area contributed by atoms with E-state index in [0.29, 0.717) is 0 Å². The molecular formula is C16H13N3O2S. The number of nitrogens with one attached hydrogen (secondary N) is 1. The molecule has 3 atom stereocenters. The minimum atomic E-state index is -1.74. The maximum atomic E-state index is 12.7. The Balaban J connectivity index is 2.15. The molecule has 0 spiro atoms. The minimum Gasteiger partial charge on any atom is -0.797 e. The molecule has 0 saturated heterocycles. The molecule has 1 aliphatic heterocycles. The molecule has 2 aromatic carbocycles. The average Bonchev–Trinajstić information content (AvgIpc) is 2.56. The molecule has 3 rings (SSSR count). The number of benzene rings is 2. The van der Waals surface area contributed by atoms with Gasteiger partial charge in [-0.2, -0.15) is 10.8 Å². The van der Waals surface area contributed by atoms with Crippen LogP contribution in [0.5, 0.6) is 0 Å². The van der Waals surface area contributed by atoms with Crippen molar-refractivity contribution in [3.8, 4) is 0 Å². The van der Waals surface area contributed by atoms with Gasteiger partial charge >= 0.3 is 10.9 Å². The van der Waals surface area contributed by atoms with Gasteiger partial charge in [0.1, 0.15) is 0 Å². The Labute approximate surface area is 130 Å². The molecule has 5 nitrogen and oxygen atoms in total. The third kappa shape index (κ3) is 2.52. The summed E-state index contributed by atoms with van der Waals surface area (Å²) in [6, 6.07) is 18.2. The Morgan fingerprint density at radius 3 is 2.09 bits per heavy atom. The molecule has 22 heavy (non-hydrogen) atoms. The maximum absolute atomic E-state index is 12.7. The lowest BCUT2D eigenvalue weighted by Crippen LogP contribution is -2.40. The molecule has 0 aliphatic carbocycles. The number of diazo groups is 1. The van der Waals surface area contributed by atoms with Gasteiger partial charge in [0.25, 0.3) is 0 Å². The number of hydrogen-bond donors (Lipinski definition) is 1. The van der Waals surface area contributed by atoms with Crippen molar-refractivity contribution in [1.82, 2.24) is 5.32 Å². The number of nitrogens with zero attached hydrogens (tertiary/aromatic N) is 2. The molecule has 1 heterocycles. The van der Waals surface area contributed by atoms with Gasteiger partial charge in [-0.3, -0.25) is 4.79 Å². The Kier molecular flexibility index (Phi) is 4.00. The zero-order chi connectivity index (χ0) is 15.5. The normalized spacial score (nSPS) is 24.5. The molecule has 0 fully saturated rings. The molecule has 1 unspecified atom stereocenters. The molecule has 0 saturated carbocycles. The van der Waals surface area contributed by atoms with E-state index in [-0.39, 0.29) is 4.99 Å². The van der Waals surface area contributed by atoms with E-state index < -0.39 is 28.0 Å². The molecule has 2 aromatic rings. The van der Waals surface area contributed by atoms with Gasteiger partial charge in [0.2, 0.25) is 5.39 Å². The molecular weight excluding hydrogens is 298 g/mol. The highest BCUT2D eigenvalue weighted by Gasteiger charge is 2.39. The largest absolute Gasteiger partial charge is 0.797 e. The topological polar surface area (TPSA) is 80.3 Å². The second-order valence-corrected chi connectivity index (χ2v) is 6.39. The quantitative estimate of drug-likeness (QED) is 0.684. The smallest absolute Gasteiger partial charge is 0.461 e. The molecule has 1 aliphatic rings. The van der Waals surface area contributed by atoms with E-state index in [9.17, 15) is 9.35 Å². The number of carbonyl (C=O) groups excluding carboxylic acids is 1. The SMILES string of the molecule is N#[N+]C1=S([O-])[C@H](c2ccccc2)[C@H](c2ccccc2)NC1=O. The van der Waals surface area contributed by atoms with Gasteiger partial charge in [-0.1, -0.05) is 60.7 Å². The van der Waals surface area contributed by atoms with E-state index >= 15 is 0 Å². The molecule has 1 N–H and O–H groups in total. The molecule has 6 heteroatoms. The van der Waals surface area contributed by atoms with E-state index in [0.717, 1.165) is 11.1 Å². The Hall–Kier alpha value is -2.49. The lowest BCUT2D eigenvalue weighted by Gasteiger charge is -2.35. The van der Waals surface area contributed by atoms with Crippen molar-refractivity contribution in [2.45, 2.75) is 11.3 Å². The minimum absolute atomic E-state index is 0.346. The molecule has 0 aromatic heterocycles. The average molecular weight is 311 g/mol. The van der Waals surface area contributed by atoms with Crippen LogP contribution >= 0.6 is 10.8 Å². The zero-order valence-corrected chi connectivity index (χ0v) is 12.4. The lowest BCUT2D eigenvalue weighted by atomic mass is 9.98. The summed E-state index contributed by atoms with van der Waals surface area (Å²) in [6.07, 6.45) is 0. The predicted octanol–water partition coefficient (Wildman–Crippen LogP) is 2.98. The summed E-state index contributed by atoms with van der Waals surface area (Å²) in [5.41, 5.74) is 1.67. The van der Waals surface area contributed by atoms with Gasteiger partial charge < -0.3 is 9.87 Å². The molecule has 110 valence electrons. The standard InChI is InChI=1S/C16H13N3O2S/c17-19-16-15(20)18-13(11-7-3-1-4-8-11)14(22(16)21)12-9-5-2-6-10-12/h1-10,13-14H,(H-,18,20,21)/t13-,14+,22?/m0/s1. The van der Waals surface area contributed by atoms with Crippen molar-refractivity contribution in [2.75, 3.05) is 0 Å². The first-order valence-electron chi connectivity index (χ1n) is 6.75. The highest BCUT2D eigenvalue weighted by molar-refractivity contribution is 8.12. The van der Waals surface area contributed by atoms with E-state index in [1.54, 1.807) is 0 Å². The van der Waals surface area contributed by atoms with E-state index in [1.165, 1.54) is 0 Å². The van der Waals surface area contributed by atoms with Crippen molar-refractivity contribution in [3.05, 3.63) is 76.8 Å². The van der Waals surface area contributed by atoms with Crippen LogP contribution in [-0.4, -0.2) is 15.4 Å². The van der Waals surface area contributed by atoms with E-state index in [1.807, 2.05) is 60.7 Å². The van der Waals surface area contributed by atoms with Gasteiger partial charge in [0.05, 0.1) is 6.04 Å². The first-order valence-corrected chi connectivity index (χ1v) is 7.97. The fourth-order valence-corrected chi connectivity index (χ4v) is 4.02. The Morgan fingerprint density at radius 1 is 1.00 bits per heavy atom. The summed E-state index contributed by atoms with van der Waals surface area (Å²) < 4.78 is 12.7. The first kappa shape index (κ1) is 14.4. The Morgan fingerprint density at radius 2 is 1.55 bits per heavy atom. The maximum Gasteiger partial charge on any atom is 0.461 e. The monoisotopic (exact) mass is 311 g/mol. The van der Waals surface area contributed by atoms with Crippen molar-refractivity contribution in [1.29, 1.82) is 5.39 Å². The highest BCUT2D eigenvalue weighted by Crippen LogP contribution is 2.45. The van der Waals surface area contributed by atoms with E-state index in [4.69, 9.17) is 5.39 Å². The third-order valence-electron chi connectivity index (χ3n) is 3.58. The van der Waals surface area contributed by atoms with Gasteiger partial charge in [-0.15, -0.1) is 0 Å². The van der Waals surface area contributed by atoms with Crippen LogP contribution in [0.25, 0.3) is 4.98 Å². The van der Waals surface area contributed by atoms with Crippen molar-refractivity contribution in [3.63, 3.8) is 0 Å². The summed E-state index contributed by atoms with van der Waals surface area (Å²) in [7, 11) is -1.74. The summed E-state index contributed by atoms with van der Waals surface area (Å²) >= 11 is 0. The van der Waals surface area contributed by atoms with Crippen molar-refractivity contribution < 1.29 is 9.35 Å². The number of amides is 1.